The monoisotopic (exact) mass is 381 g/mol. The van der Waals surface area contributed by atoms with E-state index in [9.17, 15) is 19.1 Å². The molecule has 0 spiro atoms. The minimum Gasteiger partial charge on any atom is -0.507 e. The highest BCUT2D eigenvalue weighted by atomic mass is 19.1. The zero-order chi connectivity index (χ0) is 20.1. The molecule has 3 rings (SSSR count). The van der Waals surface area contributed by atoms with Crippen LogP contribution in [-0.2, 0) is 9.59 Å². The zero-order valence-electron chi connectivity index (χ0n) is 15.9. The number of nitrogens with zero attached hydrogens (tertiary/aromatic N) is 1. The number of rotatable bonds is 7. The van der Waals surface area contributed by atoms with Gasteiger partial charge in [-0.15, -0.1) is 0 Å². The number of Topliss-reactive ketones (excluding diaryl/α,β-unsaturated/α-hetero) is 1. The molecule has 1 atom stereocenters. The molecule has 0 saturated carbocycles. The fourth-order valence-corrected chi connectivity index (χ4v) is 3.59. The summed E-state index contributed by atoms with van der Waals surface area (Å²) in [6, 6.07) is 13.7. The molecule has 1 fully saturated rings. The van der Waals surface area contributed by atoms with E-state index in [2.05, 4.69) is 6.92 Å². The molecule has 1 amide bonds. The van der Waals surface area contributed by atoms with E-state index in [1.807, 2.05) is 0 Å². The van der Waals surface area contributed by atoms with E-state index >= 15 is 0 Å². The Morgan fingerprint density at radius 1 is 1.00 bits per heavy atom. The maximum absolute atomic E-state index is 14.6. The van der Waals surface area contributed by atoms with Crippen LogP contribution in [0.2, 0.25) is 0 Å². The second-order valence-electron chi connectivity index (χ2n) is 6.94. The summed E-state index contributed by atoms with van der Waals surface area (Å²) in [6.45, 7) is 2.43. The lowest BCUT2D eigenvalue weighted by atomic mass is 9.95. The van der Waals surface area contributed by atoms with Gasteiger partial charge in [-0.3, -0.25) is 9.59 Å². The summed E-state index contributed by atoms with van der Waals surface area (Å²) in [5, 5.41) is 10.8. The third-order valence-corrected chi connectivity index (χ3v) is 5.04. The summed E-state index contributed by atoms with van der Waals surface area (Å²) in [4.78, 5) is 26.9. The number of likely N-dealkylation sites (tertiary alicyclic amines) is 1. The smallest absolute Gasteiger partial charge is 0.295 e. The largest absolute Gasteiger partial charge is 0.507 e. The van der Waals surface area contributed by atoms with Crippen molar-refractivity contribution in [2.45, 2.75) is 38.6 Å². The van der Waals surface area contributed by atoms with Crippen LogP contribution in [-0.4, -0.2) is 28.2 Å². The fourth-order valence-electron chi connectivity index (χ4n) is 3.59. The van der Waals surface area contributed by atoms with Crippen molar-refractivity contribution in [2.24, 2.45) is 0 Å². The predicted molar refractivity (Wildman–Crippen MR) is 106 cm³/mol. The Hall–Kier alpha value is -2.95. The molecule has 146 valence electrons. The number of aliphatic hydroxyl groups is 1. The van der Waals surface area contributed by atoms with Gasteiger partial charge in [-0.1, -0.05) is 74.7 Å². The van der Waals surface area contributed by atoms with Gasteiger partial charge >= 0.3 is 0 Å². The lowest BCUT2D eigenvalue weighted by molar-refractivity contribution is -0.140. The minimum atomic E-state index is -0.928. The topological polar surface area (TPSA) is 57.6 Å². The number of halogens is 1. The van der Waals surface area contributed by atoms with Crippen molar-refractivity contribution in [1.82, 2.24) is 4.90 Å². The second-order valence-corrected chi connectivity index (χ2v) is 6.94. The summed E-state index contributed by atoms with van der Waals surface area (Å²) in [7, 11) is 0. The highest BCUT2D eigenvalue weighted by Gasteiger charge is 2.46. The fraction of sp³-hybridized carbons (Fsp3) is 0.304. The average molecular weight is 381 g/mol. The summed E-state index contributed by atoms with van der Waals surface area (Å²) in [5.74, 6) is -2.25. The molecule has 1 N–H and O–H groups in total. The van der Waals surface area contributed by atoms with E-state index in [1.165, 1.54) is 11.0 Å². The van der Waals surface area contributed by atoms with Crippen molar-refractivity contribution in [3.05, 3.63) is 77.1 Å². The van der Waals surface area contributed by atoms with Crippen molar-refractivity contribution in [2.75, 3.05) is 6.54 Å². The number of carbonyl (C=O) groups excluding carboxylic acids is 2. The van der Waals surface area contributed by atoms with Gasteiger partial charge in [-0.2, -0.15) is 0 Å². The first kappa shape index (κ1) is 19.8. The van der Waals surface area contributed by atoms with E-state index in [4.69, 9.17) is 0 Å². The Morgan fingerprint density at radius 3 is 2.36 bits per heavy atom. The number of ketones is 1. The maximum atomic E-state index is 14.6. The lowest BCUT2D eigenvalue weighted by Crippen LogP contribution is -2.31. The van der Waals surface area contributed by atoms with Crippen LogP contribution in [0.3, 0.4) is 0 Å². The summed E-state index contributed by atoms with van der Waals surface area (Å²) >= 11 is 0. The minimum absolute atomic E-state index is 0.0585. The van der Waals surface area contributed by atoms with E-state index in [1.54, 1.807) is 48.5 Å². The van der Waals surface area contributed by atoms with Crippen LogP contribution in [0.5, 0.6) is 0 Å². The molecule has 5 heteroatoms. The van der Waals surface area contributed by atoms with Gasteiger partial charge < -0.3 is 10.0 Å². The maximum Gasteiger partial charge on any atom is 0.295 e. The van der Waals surface area contributed by atoms with Crippen molar-refractivity contribution in [3.8, 4) is 0 Å². The molecule has 1 aliphatic rings. The van der Waals surface area contributed by atoms with Gasteiger partial charge in [0.2, 0.25) is 0 Å². The number of hydrogen-bond acceptors (Lipinski definition) is 3. The normalized spacial score (nSPS) is 18.6. The Kier molecular flexibility index (Phi) is 6.24. The van der Waals surface area contributed by atoms with Gasteiger partial charge in [0.15, 0.2) is 0 Å². The average Bonchev–Trinajstić information content (AvgIpc) is 2.96. The van der Waals surface area contributed by atoms with E-state index < -0.39 is 23.5 Å². The van der Waals surface area contributed by atoms with Gasteiger partial charge in [0, 0.05) is 17.7 Å². The number of unbranched alkanes of at least 4 members (excludes halogenated alkanes) is 3. The zero-order valence-corrected chi connectivity index (χ0v) is 15.9. The molecule has 0 aliphatic carbocycles. The van der Waals surface area contributed by atoms with Gasteiger partial charge in [0.1, 0.15) is 11.6 Å². The number of amides is 1. The lowest BCUT2D eigenvalue weighted by Gasteiger charge is -2.25. The van der Waals surface area contributed by atoms with Gasteiger partial charge in [0.25, 0.3) is 11.7 Å². The van der Waals surface area contributed by atoms with Crippen molar-refractivity contribution >= 4 is 17.4 Å². The predicted octanol–water partition coefficient (Wildman–Crippen LogP) is 4.83. The molecule has 2 aromatic rings. The Bertz CT molecular complexity index is 892. The summed E-state index contributed by atoms with van der Waals surface area (Å²) < 4.78 is 14.6. The summed E-state index contributed by atoms with van der Waals surface area (Å²) in [5.41, 5.74) is 0.583. The molecule has 0 aromatic heterocycles. The van der Waals surface area contributed by atoms with E-state index in [0.29, 0.717) is 12.1 Å². The Balaban J connectivity index is 2.08. The first-order valence-electron chi connectivity index (χ1n) is 9.64. The molecule has 2 aromatic carbocycles. The number of hydrogen-bond donors (Lipinski definition) is 1. The molecule has 0 unspecified atom stereocenters. The van der Waals surface area contributed by atoms with Crippen LogP contribution in [0.1, 0.15) is 49.8 Å². The van der Waals surface area contributed by atoms with Crippen LogP contribution in [0.25, 0.3) is 5.76 Å². The van der Waals surface area contributed by atoms with Crippen molar-refractivity contribution in [1.29, 1.82) is 0 Å². The SMILES string of the molecule is CCCCCCN1C(=O)C(=O)/C(=C(/O)c2ccccc2)[C@H]1c1ccccc1F. The first-order chi connectivity index (χ1) is 13.6. The summed E-state index contributed by atoms with van der Waals surface area (Å²) in [6.07, 6.45) is 3.71. The quantitative estimate of drug-likeness (QED) is 0.323. The molecule has 0 bridgehead atoms. The standard InChI is InChI=1S/C23H24FNO3/c1-2-3-4-10-15-25-20(17-13-8-9-14-18(17)24)19(22(27)23(25)28)21(26)16-11-6-5-7-12-16/h5-9,11-14,20,26H,2-4,10,15H2,1H3/b21-19+/t20-/m1/s1. The molecule has 1 saturated heterocycles. The molecule has 4 nitrogen and oxygen atoms in total. The van der Waals surface area contributed by atoms with Crippen LogP contribution >= 0.6 is 0 Å². The molecular formula is C23H24FNO3. The van der Waals surface area contributed by atoms with Crippen molar-refractivity contribution < 1.29 is 19.1 Å². The van der Waals surface area contributed by atoms with Crippen LogP contribution in [0, 0.1) is 5.82 Å². The van der Waals surface area contributed by atoms with Crippen LogP contribution in [0.15, 0.2) is 60.2 Å². The van der Waals surface area contributed by atoms with E-state index in [-0.39, 0.29) is 16.9 Å². The molecule has 28 heavy (non-hydrogen) atoms. The number of aliphatic hydroxyl groups excluding tert-OH is 1. The third-order valence-electron chi connectivity index (χ3n) is 5.04. The van der Waals surface area contributed by atoms with Gasteiger partial charge in [-0.05, 0) is 12.5 Å². The molecule has 1 aliphatic heterocycles. The second kappa shape index (κ2) is 8.83. The Morgan fingerprint density at radius 2 is 1.68 bits per heavy atom. The first-order valence-corrected chi connectivity index (χ1v) is 9.64. The van der Waals surface area contributed by atoms with Crippen molar-refractivity contribution in [3.63, 3.8) is 0 Å². The third kappa shape index (κ3) is 3.84. The molecular weight excluding hydrogens is 357 g/mol. The highest BCUT2D eigenvalue weighted by molar-refractivity contribution is 6.46. The molecule has 1 heterocycles. The number of benzene rings is 2. The Labute approximate surface area is 164 Å². The van der Waals surface area contributed by atoms with E-state index in [0.717, 1.165) is 25.7 Å². The van der Waals surface area contributed by atoms with Gasteiger partial charge in [-0.25, -0.2) is 4.39 Å². The van der Waals surface area contributed by atoms with Gasteiger partial charge in [0.05, 0.1) is 11.6 Å². The molecule has 0 radical (unpaired) electrons. The number of carbonyl (C=O) groups is 2. The highest BCUT2D eigenvalue weighted by Crippen LogP contribution is 2.40. The van der Waals surface area contributed by atoms with Crippen LogP contribution in [0.4, 0.5) is 4.39 Å². The van der Waals surface area contributed by atoms with Crippen LogP contribution < -0.4 is 0 Å².